The lowest BCUT2D eigenvalue weighted by atomic mass is 10.1. The predicted molar refractivity (Wildman–Crippen MR) is 68.0 cm³/mol. The van der Waals surface area contributed by atoms with Crippen LogP contribution < -0.4 is 11.4 Å². The van der Waals surface area contributed by atoms with Crippen molar-refractivity contribution in [3.8, 4) is 0 Å². The summed E-state index contributed by atoms with van der Waals surface area (Å²) >= 11 is 0. The number of rotatable bonds is 3. The Labute approximate surface area is 99.0 Å². The summed E-state index contributed by atoms with van der Waals surface area (Å²) < 4.78 is 1.65. The van der Waals surface area contributed by atoms with Crippen LogP contribution >= 0.6 is 0 Å². The standard InChI is InChI=1S/C13H13N3O/c14-15-9-11-4-3-5-12(8-11)10-16-7-2-1-6-13(16)17/h1-9H,10,14H2. The Morgan fingerprint density at radius 2 is 2.12 bits per heavy atom. The van der Waals surface area contributed by atoms with E-state index >= 15 is 0 Å². The lowest BCUT2D eigenvalue weighted by Gasteiger charge is -2.05. The van der Waals surface area contributed by atoms with Gasteiger partial charge in [-0.05, 0) is 23.3 Å². The maximum Gasteiger partial charge on any atom is 0.250 e. The van der Waals surface area contributed by atoms with E-state index in [0.29, 0.717) is 6.54 Å². The van der Waals surface area contributed by atoms with Crippen LogP contribution in [0.25, 0.3) is 0 Å². The molecular weight excluding hydrogens is 214 g/mol. The van der Waals surface area contributed by atoms with E-state index in [-0.39, 0.29) is 5.56 Å². The van der Waals surface area contributed by atoms with Gasteiger partial charge in [0.25, 0.3) is 5.56 Å². The van der Waals surface area contributed by atoms with Crippen LogP contribution in [0, 0.1) is 0 Å². The number of nitrogens with two attached hydrogens (primary N) is 1. The van der Waals surface area contributed by atoms with Crippen molar-refractivity contribution >= 4 is 6.21 Å². The Kier molecular flexibility index (Phi) is 3.35. The molecular formula is C13H13N3O. The van der Waals surface area contributed by atoms with E-state index in [1.54, 1.807) is 29.1 Å². The number of nitrogens with zero attached hydrogens (tertiary/aromatic N) is 2. The molecule has 2 rings (SSSR count). The largest absolute Gasteiger partial charge is 0.323 e. The third-order valence-corrected chi connectivity index (χ3v) is 2.43. The van der Waals surface area contributed by atoms with E-state index in [1.807, 2.05) is 30.3 Å². The maximum absolute atomic E-state index is 11.6. The zero-order chi connectivity index (χ0) is 12.1. The quantitative estimate of drug-likeness (QED) is 0.486. The van der Waals surface area contributed by atoms with E-state index in [9.17, 15) is 4.79 Å². The van der Waals surface area contributed by atoms with Crippen molar-refractivity contribution in [1.29, 1.82) is 0 Å². The molecule has 2 N–H and O–H groups in total. The van der Waals surface area contributed by atoms with Crippen LogP contribution in [-0.4, -0.2) is 10.8 Å². The van der Waals surface area contributed by atoms with Crippen molar-refractivity contribution in [2.45, 2.75) is 6.54 Å². The Balaban J connectivity index is 2.27. The Bertz CT molecular complexity index is 587. The van der Waals surface area contributed by atoms with Crippen LogP contribution in [0.15, 0.2) is 58.6 Å². The van der Waals surface area contributed by atoms with E-state index in [0.717, 1.165) is 11.1 Å². The summed E-state index contributed by atoms with van der Waals surface area (Å²) in [5.74, 6) is 5.10. The highest BCUT2D eigenvalue weighted by Crippen LogP contribution is 2.04. The second kappa shape index (κ2) is 5.12. The summed E-state index contributed by atoms with van der Waals surface area (Å²) in [5, 5.41) is 3.48. The zero-order valence-corrected chi connectivity index (χ0v) is 9.28. The molecule has 0 aliphatic carbocycles. The van der Waals surface area contributed by atoms with Crippen LogP contribution in [0.4, 0.5) is 0 Å². The highest BCUT2D eigenvalue weighted by atomic mass is 16.1. The Morgan fingerprint density at radius 3 is 2.88 bits per heavy atom. The number of pyridine rings is 1. The first-order chi connectivity index (χ1) is 8.29. The summed E-state index contributed by atoms with van der Waals surface area (Å²) in [4.78, 5) is 11.6. The number of hydrogen-bond donors (Lipinski definition) is 1. The SMILES string of the molecule is NN=Cc1cccc(Cn2ccccc2=O)c1. The van der Waals surface area contributed by atoms with Crippen LogP contribution in [0.3, 0.4) is 0 Å². The molecule has 86 valence electrons. The molecule has 2 aromatic rings. The molecule has 0 atom stereocenters. The monoisotopic (exact) mass is 227 g/mol. The Morgan fingerprint density at radius 1 is 1.24 bits per heavy atom. The van der Waals surface area contributed by atoms with Crippen molar-refractivity contribution in [2.24, 2.45) is 10.9 Å². The smallest absolute Gasteiger partial charge is 0.250 e. The van der Waals surface area contributed by atoms with Crippen molar-refractivity contribution in [2.75, 3.05) is 0 Å². The number of hydrazone groups is 1. The van der Waals surface area contributed by atoms with Crippen molar-refractivity contribution < 1.29 is 0 Å². The van der Waals surface area contributed by atoms with Gasteiger partial charge < -0.3 is 10.4 Å². The number of benzene rings is 1. The minimum Gasteiger partial charge on any atom is -0.323 e. The van der Waals surface area contributed by atoms with Gasteiger partial charge in [0.2, 0.25) is 0 Å². The molecule has 0 unspecified atom stereocenters. The minimum atomic E-state index is -0.00889. The fourth-order valence-corrected chi connectivity index (χ4v) is 1.65. The van der Waals surface area contributed by atoms with E-state index in [1.165, 1.54) is 0 Å². The third kappa shape index (κ3) is 2.81. The van der Waals surface area contributed by atoms with E-state index < -0.39 is 0 Å². The molecule has 1 aromatic carbocycles. The second-order valence-corrected chi connectivity index (χ2v) is 3.69. The van der Waals surface area contributed by atoms with Gasteiger partial charge in [-0.1, -0.05) is 24.3 Å². The summed E-state index contributed by atoms with van der Waals surface area (Å²) in [5.41, 5.74) is 1.95. The van der Waals surface area contributed by atoms with Gasteiger partial charge in [0, 0.05) is 12.3 Å². The van der Waals surface area contributed by atoms with Crippen LogP contribution in [0.2, 0.25) is 0 Å². The molecule has 1 aromatic heterocycles. The first kappa shape index (κ1) is 11.1. The lowest BCUT2D eigenvalue weighted by Crippen LogP contribution is -2.18. The molecule has 1 heterocycles. The summed E-state index contributed by atoms with van der Waals surface area (Å²) in [6.45, 7) is 0.548. The van der Waals surface area contributed by atoms with Gasteiger partial charge in [-0.25, -0.2) is 0 Å². The average molecular weight is 227 g/mol. The van der Waals surface area contributed by atoms with Gasteiger partial charge in [0.05, 0.1) is 12.8 Å². The highest BCUT2D eigenvalue weighted by molar-refractivity contribution is 5.79. The van der Waals surface area contributed by atoms with Crippen LogP contribution in [0.1, 0.15) is 11.1 Å². The van der Waals surface area contributed by atoms with Crippen LogP contribution in [0.5, 0.6) is 0 Å². The molecule has 0 aliphatic heterocycles. The average Bonchev–Trinajstić information content (AvgIpc) is 2.33. The van der Waals surface area contributed by atoms with E-state index in [4.69, 9.17) is 5.84 Å². The van der Waals surface area contributed by atoms with E-state index in [2.05, 4.69) is 5.10 Å². The molecule has 4 heteroatoms. The van der Waals surface area contributed by atoms with Gasteiger partial charge in [-0.15, -0.1) is 0 Å². The molecule has 0 amide bonds. The lowest BCUT2D eigenvalue weighted by molar-refractivity contribution is 0.759. The first-order valence-electron chi connectivity index (χ1n) is 5.27. The zero-order valence-electron chi connectivity index (χ0n) is 9.28. The molecule has 0 bridgehead atoms. The second-order valence-electron chi connectivity index (χ2n) is 3.69. The van der Waals surface area contributed by atoms with Crippen molar-refractivity contribution in [3.63, 3.8) is 0 Å². The predicted octanol–water partition coefficient (Wildman–Crippen LogP) is 1.19. The molecule has 0 radical (unpaired) electrons. The maximum atomic E-state index is 11.6. The summed E-state index contributed by atoms with van der Waals surface area (Å²) in [6.07, 6.45) is 3.35. The molecule has 0 saturated carbocycles. The van der Waals surface area contributed by atoms with Gasteiger partial charge in [0.15, 0.2) is 0 Å². The molecule has 0 spiro atoms. The Hall–Kier alpha value is -2.36. The van der Waals surface area contributed by atoms with Crippen molar-refractivity contribution in [3.05, 3.63) is 70.1 Å². The van der Waals surface area contributed by atoms with Gasteiger partial charge in [0.1, 0.15) is 0 Å². The first-order valence-corrected chi connectivity index (χ1v) is 5.27. The number of aromatic nitrogens is 1. The van der Waals surface area contributed by atoms with Gasteiger partial charge in [-0.2, -0.15) is 5.10 Å². The highest BCUT2D eigenvalue weighted by Gasteiger charge is 1.97. The van der Waals surface area contributed by atoms with Crippen molar-refractivity contribution in [1.82, 2.24) is 4.57 Å². The summed E-state index contributed by atoms with van der Waals surface area (Å²) in [6, 6.07) is 12.9. The van der Waals surface area contributed by atoms with Gasteiger partial charge in [-0.3, -0.25) is 4.79 Å². The fraction of sp³-hybridized carbons (Fsp3) is 0.0769. The fourth-order valence-electron chi connectivity index (χ4n) is 1.65. The molecule has 0 saturated heterocycles. The number of hydrogen-bond acceptors (Lipinski definition) is 3. The van der Waals surface area contributed by atoms with Gasteiger partial charge >= 0.3 is 0 Å². The molecule has 17 heavy (non-hydrogen) atoms. The minimum absolute atomic E-state index is 0.00889. The summed E-state index contributed by atoms with van der Waals surface area (Å²) in [7, 11) is 0. The molecule has 0 aliphatic rings. The topological polar surface area (TPSA) is 60.4 Å². The molecule has 4 nitrogen and oxygen atoms in total. The normalized spacial score (nSPS) is 10.8. The molecule has 0 fully saturated rings. The third-order valence-electron chi connectivity index (χ3n) is 2.43. The van der Waals surface area contributed by atoms with Crippen LogP contribution in [-0.2, 0) is 6.54 Å².